The van der Waals surface area contributed by atoms with E-state index in [1.807, 2.05) is 0 Å². The molecule has 0 heteroatoms. The first-order valence-electron chi connectivity index (χ1n) is 6.91. The number of allylic oxidation sites excluding steroid dienone is 2. The Balaban J connectivity index is 3.52. The fraction of sp³-hybridized carbons (Fsp3) is 0.714. The van der Waals surface area contributed by atoms with Crippen molar-refractivity contribution in [3.8, 4) is 0 Å². The van der Waals surface area contributed by atoms with Gasteiger partial charge in [0.05, 0.1) is 0 Å². The lowest BCUT2D eigenvalue weighted by molar-refractivity contribution is 0.584. The lowest BCUT2D eigenvalue weighted by atomic mass is 9.98. The van der Waals surface area contributed by atoms with E-state index in [1.165, 1.54) is 0 Å². The van der Waals surface area contributed by atoms with Gasteiger partial charge in [0, 0.05) is 13.7 Å². The smallest absolute Gasteiger partial charge is 0.0343 e. The van der Waals surface area contributed by atoms with E-state index in [4.69, 9.17) is 13.7 Å². The van der Waals surface area contributed by atoms with E-state index < -0.39 is 31.9 Å². The fourth-order valence-electron chi connectivity index (χ4n) is 0.312. The van der Waals surface area contributed by atoms with E-state index in [9.17, 15) is 0 Å². The third kappa shape index (κ3) is 1.34. The van der Waals surface area contributed by atoms with Crippen LogP contribution in [0, 0.1) is 5.89 Å². The van der Waals surface area contributed by atoms with Crippen LogP contribution in [0.4, 0.5) is 0 Å². The second-order valence-electron chi connectivity index (χ2n) is 1.14. The molecular weight excluding hydrogens is 84.1 g/mol. The topological polar surface area (TPSA) is 0 Å². The van der Waals surface area contributed by atoms with Gasteiger partial charge in [-0.05, 0) is 25.0 Å². The molecule has 7 heavy (non-hydrogen) atoms. The van der Waals surface area contributed by atoms with E-state index >= 15 is 0 Å². The molecule has 0 radical (unpaired) electrons. The van der Waals surface area contributed by atoms with Gasteiger partial charge in [-0.15, -0.1) is 0 Å². The van der Waals surface area contributed by atoms with Crippen molar-refractivity contribution in [1.82, 2.24) is 0 Å². The van der Waals surface area contributed by atoms with Gasteiger partial charge in [0.2, 0.25) is 0 Å². The summed E-state index contributed by atoms with van der Waals surface area (Å²) in [4.78, 5) is 0. The minimum atomic E-state index is -3.18. The summed E-state index contributed by atoms with van der Waals surface area (Å²) in [6.07, 6.45) is -7.73. The average molecular weight is 106 g/mol. The lowest BCUT2D eigenvalue weighted by Crippen LogP contribution is -1.92. The van der Waals surface area contributed by atoms with Crippen LogP contribution in [0.3, 0.4) is 0 Å². The van der Waals surface area contributed by atoms with Crippen LogP contribution in [0.1, 0.15) is 39.7 Å². The second kappa shape index (κ2) is 2.15. The third-order valence-corrected chi connectivity index (χ3v) is 0.603. The molecule has 0 fully saturated rings. The zero-order valence-corrected chi connectivity index (χ0v) is 3.65. The maximum atomic E-state index is 7.68. The highest BCUT2D eigenvalue weighted by Crippen LogP contribution is 2.14. The van der Waals surface area contributed by atoms with Crippen LogP contribution in [0.2, 0.25) is 0 Å². The molecule has 1 rings (SSSR count). The van der Waals surface area contributed by atoms with Crippen LogP contribution >= 0.6 is 0 Å². The Morgan fingerprint density at radius 3 is 4.00 bits per heavy atom. The Hall–Kier alpha value is -0.260. The van der Waals surface area contributed by atoms with Crippen molar-refractivity contribution in [2.75, 3.05) is 0 Å². The van der Waals surface area contributed by atoms with Crippen LogP contribution in [0.25, 0.3) is 0 Å². The minimum absolute atomic E-state index is 0.599. The monoisotopic (exact) mass is 106 g/mol. The van der Waals surface area contributed by atoms with Gasteiger partial charge in [0.1, 0.15) is 0 Å². The molecule has 1 aliphatic rings. The molecule has 0 aromatic rings. The van der Waals surface area contributed by atoms with Crippen molar-refractivity contribution < 1.29 is 13.7 Å². The maximum Gasteiger partial charge on any atom is 0.0343 e. The molecule has 1 atom stereocenters. The molecule has 0 bridgehead atoms. The van der Waals surface area contributed by atoms with Gasteiger partial charge >= 0.3 is 0 Å². The quantitative estimate of drug-likeness (QED) is 0.416. The summed E-state index contributed by atoms with van der Waals surface area (Å²) >= 11 is 0. The normalized spacial score (nSPS) is 85.7. The molecule has 40 valence electrons. The SMILES string of the molecule is [2H]C([2H])([2H])C1([2H])C=CC([2H])([2H])C([2H])([2H])C1([2H])[2H]. The van der Waals surface area contributed by atoms with E-state index in [1.54, 1.807) is 0 Å². The third-order valence-electron chi connectivity index (χ3n) is 0.603. The van der Waals surface area contributed by atoms with Gasteiger partial charge in [-0.1, -0.05) is 19.0 Å². The van der Waals surface area contributed by atoms with Gasteiger partial charge in [-0.2, -0.15) is 0 Å². The maximum absolute atomic E-state index is 7.68. The Kier molecular flexibility index (Phi) is 0.244. The summed E-state index contributed by atoms with van der Waals surface area (Å²) in [5.74, 6) is -2.81. The van der Waals surface area contributed by atoms with E-state index in [0.717, 1.165) is 0 Å². The molecule has 1 unspecified atom stereocenters. The molecule has 0 heterocycles. The summed E-state index contributed by atoms with van der Waals surface area (Å²) in [6, 6.07) is 0. The summed E-state index contributed by atoms with van der Waals surface area (Å²) in [5.41, 5.74) is 0. The van der Waals surface area contributed by atoms with Gasteiger partial charge in [-0.25, -0.2) is 0 Å². The number of rotatable bonds is 0. The molecule has 0 N–H and O–H groups in total. The van der Waals surface area contributed by atoms with E-state index in [2.05, 4.69) is 0 Å². The molecule has 0 spiro atoms. The lowest BCUT2D eigenvalue weighted by Gasteiger charge is -2.08. The second-order valence-corrected chi connectivity index (χ2v) is 1.14. The van der Waals surface area contributed by atoms with Crippen molar-refractivity contribution in [2.24, 2.45) is 5.89 Å². The van der Waals surface area contributed by atoms with Crippen LogP contribution in [-0.4, -0.2) is 0 Å². The molecule has 0 aliphatic heterocycles. The van der Waals surface area contributed by atoms with Gasteiger partial charge in [0.25, 0.3) is 0 Å². The summed E-state index contributed by atoms with van der Waals surface area (Å²) in [6.45, 7) is -3.09. The minimum Gasteiger partial charge on any atom is -0.0883 e. The van der Waals surface area contributed by atoms with Crippen molar-refractivity contribution in [2.45, 2.75) is 26.0 Å². The van der Waals surface area contributed by atoms with Gasteiger partial charge in [-0.3, -0.25) is 0 Å². The Morgan fingerprint density at radius 2 is 3.14 bits per heavy atom. The van der Waals surface area contributed by atoms with Gasteiger partial charge < -0.3 is 0 Å². The Morgan fingerprint density at radius 1 is 2.14 bits per heavy atom. The standard InChI is InChI=1S/C7H12/c1-7-5-3-2-4-6-7/h3,5,7H,2,4,6H2,1H3/i1D3,2D2,4D2,6D2,7D. The number of hydrogen-bond acceptors (Lipinski definition) is 0. The van der Waals surface area contributed by atoms with Gasteiger partial charge in [0.15, 0.2) is 0 Å². The average Bonchev–Trinajstić information content (AvgIpc) is 2.09. The molecule has 0 saturated heterocycles. The first-order valence-corrected chi connectivity index (χ1v) is 1.91. The summed E-state index contributed by atoms with van der Waals surface area (Å²) < 4.78 is 73.9. The van der Waals surface area contributed by atoms with E-state index in [0.29, 0.717) is 12.2 Å². The molecule has 0 aromatic carbocycles. The van der Waals surface area contributed by atoms with Crippen LogP contribution in [0.5, 0.6) is 0 Å². The number of hydrogen-bond donors (Lipinski definition) is 0. The molecular formula is C7H12. The van der Waals surface area contributed by atoms with Crippen LogP contribution in [-0.2, 0) is 0 Å². The molecule has 0 nitrogen and oxygen atoms in total. The van der Waals surface area contributed by atoms with Crippen molar-refractivity contribution in [1.29, 1.82) is 0 Å². The largest absolute Gasteiger partial charge is 0.0883 e. The Bertz CT molecular complexity index is 350. The first-order chi connectivity index (χ1) is 7.21. The van der Waals surface area contributed by atoms with Crippen molar-refractivity contribution in [3.63, 3.8) is 0 Å². The zero-order valence-electron chi connectivity index (χ0n) is 13.7. The summed E-state index contributed by atoms with van der Waals surface area (Å²) in [7, 11) is 0. The molecule has 0 amide bonds. The zero-order chi connectivity index (χ0) is 13.9. The van der Waals surface area contributed by atoms with Crippen LogP contribution in [0.15, 0.2) is 12.2 Å². The first kappa shape index (κ1) is 0.792. The summed E-state index contributed by atoms with van der Waals surface area (Å²) in [5, 5.41) is 0. The Labute approximate surface area is 59.3 Å². The molecule has 0 saturated carbocycles. The molecule has 0 aromatic heterocycles. The molecule has 1 aliphatic carbocycles. The fourth-order valence-corrected chi connectivity index (χ4v) is 0.312. The predicted octanol–water partition coefficient (Wildman–Crippen LogP) is 2.36. The van der Waals surface area contributed by atoms with Crippen molar-refractivity contribution in [3.05, 3.63) is 12.2 Å². The highest BCUT2D eigenvalue weighted by atomic mass is 14.0. The van der Waals surface area contributed by atoms with Crippen LogP contribution < -0.4 is 0 Å². The highest BCUT2D eigenvalue weighted by Gasteiger charge is 1.98. The predicted molar refractivity (Wildman–Crippen MR) is 32.2 cm³/mol. The highest BCUT2D eigenvalue weighted by molar-refractivity contribution is 4.90. The van der Waals surface area contributed by atoms with E-state index in [-0.39, 0.29) is 0 Å². The van der Waals surface area contributed by atoms with Crippen molar-refractivity contribution >= 4 is 0 Å².